The zero-order chi connectivity index (χ0) is 15.6. The number of fused-ring (bicyclic) bond motifs is 1. The molecule has 3 aromatic rings. The van der Waals surface area contributed by atoms with Crippen LogP contribution in [0.25, 0.3) is 0 Å². The number of benzene rings is 3. The van der Waals surface area contributed by atoms with Crippen molar-refractivity contribution < 1.29 is 0 Å². The molecular weight excluding hydrogens is 296 g/mol. The van der Waals surface area contributed by atoms with Gasteiger partial charge in [0.05, 0.1) is 0 Å². The minimum Gasteiger partial charge on any atom is -0.118 e. The van der Waals surface area contributed by atoms with Crippen LogP contribution in [-0.4, -0.2) is 0 Å². The van der Waals surface area contributed by atoms with E-state index in [4.69, 9.17) is 0 Å². The lowest BCUT2D eigenvalue weighted by molar-refractivity contribution is 0.676. The van der Waals surface area contributed by atoms with Crippen molar-refractivity contribution in [2.45, 2.75) is 29.4 Å². The van der Waals surface area contributed by atoms with E-state index in [1.165, 1.54) is 27.1 Å². The quantitative estimate of drug-likeness (QED) is 0.530. The molecule has 23 heavy (non-hydrogen) atoms. The Bertz CT molecular complexity index is 790. The van der Waals surface area contributed by atoms with Crippen molar-refractivity contribution in [1.29, 1.82) is 0 Å². The summed E-state index contributed by atoms with van der Waals surface area (Å²) < 4.78 is 0. The number of hydrogen-bond acceptors (Lipinski definition) is 1. The van der Waals surface area contributed by atoms with Gasteiger partial charge in [0.2, 0.25) is 0 Å². The van der Waals surface area contributed by atoms with E-state index in [2.05, 4.69) is 85.8 Å². The average Bonchev–Trinajstić information content (AvgIpc) is 2.62. The van der Waals surface area contributed by atoms with E-state index in [0.29, 0.717) is 11.2 Å². The van der Waals surface area contributed by atoms with Crippen molar-refractivity contribution in [3.05, 3.63) is 101 Å². The van der Waals surface area contributed by atoms with Crippen LogP contribution in [0.15, 0.2) is 83.8 Å². The lowest BCUT2D eigenvalue weighted by Crippen LogP contribution is -2.12. The lowest BCUT2D eigenvalue weighted by Gasteiger charge is -2.32. The smallest absolute Gasteiger partial charge is 0.0353 e. The Morgan fingerprint density at radius 1 is 0.739 bits per heavy atom. The Morgan fingerprint density at radius 2 is 1.43 bits per heavy atom. The summed E-state index contributed by atoms with van der Waals surface area (Å²) in [5.74, 6) is 0.484. The molecule has 0 unspecified atom stereocenters. The van der Waals surface area contributed by atoms with E-state index >= 15 is 0 Å². The molecule has 0 fully saturated rings. The molecule has 0 aromatic heterocycles. The Morgan fingerprint density at radius 3 is 2.22 bits per heavy atom. The number of aryl methyl sites for hydroxylation is 1. The van der Waals surface area contributed by atoms with Gasteiger partial charge in [-0.15, -0.1) is 11.8 Å². The molecule has 3 aromatic carbocycles. The number of hydrogen-bond donors (Lipinski definition) is 0. The predicted octanol–water partition coefficient (Wildman–Crippen LogP) is 6.36. The van der Waals surface area contributed by atoms with E-state index in [1.54, 1.807) is 0 Å². The first kappa shape index (κ1) is 14.6. The normalized spacial score (nSPS) is 20.0. The summed E-state index contributed by atoms with van der Waals surface area (Å²) in [6, 6.07) is 28.9. The van der Waals surface area contributed by atoms with Crippen molar-refractivity contribution in [3.63, 3.8) is 0 Å². The summed E-state index contributed by atoms with van der Waals surface area (Å²) in [5.41, 5.74) is 5.67. The fourth-order valence-corrected chi connectivity index (χ4v) is 4.80. The van der Waals surface area contributed by atoms with Gasteiger partial charge >= 0.3 is 0 Å². The zero-order valence-corrected chi connectivity index (χ0v) is 14.1. The summed E-state index contributed by atoms with van der Waals surface area (Å²) in [7, 11) is 0. The minimum atomic E-state index is 0.484. The second-order valence-corrected chi connectivity index (χ2v) is 7.50. The molecule has 1 heterocycles. The molecule has 114 valence electrons. The Balaban J connectivity index is 1.76. The van der Waals surface area contributed by atoms with Gasteiger partial charge in [-0.25, -0.2) is 0 Å². The van der Waals surface area contributed by atoms with E-state index in [0.717, 1.165) is 6.42 Å². The molecule has 0 aliphatic carbocycles. The van der Waals surface area contributed by atoms with E-state index in [-0.39, 0.29) is 0 Å². The maximum Gasteiger partial charge on any atom is 0.0353 e. The predicted molar refractivity (Wildman–Crippen MR) is 99.1 cm³/mol. The number of rotatable bonds is 2. The number of thioether (sulfide) groups is 1. The van der Waals surface area contributed by atoms with Crippen LogP contribution in [0, 0.1) is 6.92 Å². The molecule has 0 saturated carbocycles. The van der Waals surface area contributed by atoms with Gasteiger partial charge in [0.1, 0.15) is 0 Å². The first-order chi connectivity index (χ1) is 11.3. The van der Waals surface area contributed by atoms with Gasteiger partial charge in [-0.3, -0.25) is 0 Å². The molecule has 4 rings (SSSR count). The third-order valence-corrected chi connectivity index (χ3v) is 6.04. The summed E-state index contributed by atoms with van der Waals surface area (Å²) in [6.07, 6.45) is 1.16. The summed E-state index contributed by atoms with van der Waals surface area (Å²) >= 11 is 2.01. The Hall–Kier alpha value is -1.99. The van der Waals surface area contributed by atoms with Crippen LogP contribution < -0.4 is 0 Å². The fraction of sp³-hybridized carbons (Fsp3) is 0.182. The molecule has 0 radical (unpaired) electrons. The maximum atomic E-state index is 2.30. The van der Waals surface area contributed by atoms with Gasteiger partial charge in [-0.2, -0.15) is 0 Å². The van der Waals surface area contributed by atoms with E-state index in [9.17, 15) is 0 Å². The standard InChI is InChI=1S/C22H20S/c1-16-11-13-17(14-12-16)20-15-22(18-7-3-2-4-8-18)23-21-10-6-5-9-19(20)21/h2-14,20,22H,15H2,1H3/t20-,22+/m0/s1. The molecular formula is C22H20S. The minimum absolute atomic E-state index is 0.484. The van der Waals surface area contributed by atoms with Crippen molar-refractivity contribution in [2.24, 2.45) is 0 Å². The highest BCUT2D eigenvalue weighted by Gasteiger charge is 2.29. The van der Waals surface area contributed by atoms with Crippen molar-refractivity contribution in [1.82, 2.24) is 0 Å². The van der Waals surface area contributed by atoms with Crippen molar-refractivity contribution >= 4 is 11.8 Å². The van der Waals surface area contributed by atoms with Gasteiger partial charge in [0, 0.05) is 16.1 Å². The monoisotopic (exact) mass is 316 g/mol. The van der Waals surface area contributed by atoms with E-state index < -0.39 is 0 Å². The van der Waals surface area contributed by atoms with Gasteiger partial charge in [0.15, 0.2) is 0 Å². The van der Waals surface area contributed by atoms with Crippen LogP contribution in [0.4, 0.5) is 0 Å². The Kier molecular flexibility index (Phi) is 3.97. The summed E-state index contributed by atoms with van der Waals surface area (Å²) in [4.78, 5) is 1.43. The fourth-order valence-electron chi connectivity index (χ4n) is 3.40. The largest absolute Gasteiger partial charge is 0.118 e. The highest BCUT2D eigenvalue weighted by Crippen LogP contribution is 2.51. The molecule has 1 aliphatic heterocycles. The van der Waals surface area contributed by atoms with Gasteiger partial charge in [-0.1, -0.05) is 78.4 Å². The summed E-state index contributed by atoms with van der Waals surface area (Å²) in [6.45, 7) is 2.15. The third kappa shape index (κ3) is 2.94. The van der Waals surface area contributed by atoms with Gasteiger partial charge in [-0.05, 0) is 36.1 Å². The molecule has 2 atom stereocenters. The third-order valence-electron chi connectivity index (χ3n) is 4.66. The molecule has 0 spiro atoms. The van der Waals surface area contributed by atoms with Crippen LogP contribution in [0.3, 0.4) is 0 Å². The highest BCUT2D eigenvalue weighted by atomic mass is 32.2. The van der Waals surface area contributed by atoms with Crippen LogP contribution >= 0.6 is 11.8 Å². The lowest BCUT2D eigenvalue weighted by atomic mass is 9.85. The van der Waals surface area contributed by atoms with Crippen LogP contribution in [-0.2, 0) is 0 Å². The van der Waals surface area contributed by atoms with Gasteiger partial charge in [0.25, 0.3) is 0 Å². The van der Waals surface area contributed by atoms with Crippen molar-refractivity contribution in [2.75, 3.05) is 0 Å². The molecule has 1 heteroatoms. The molecule has 0 amide bonds. The topological polar surface area (TPSA) is 0 Å². The molecule has 0 N–H and O–H groups in total. The average molecular weight is 316 g/mol. The molecule has 0 bridgehead atoms. The van der Waals surface area contributed by atoms with Crippen LogP contribution in [0.1, 0.15) is 39.8 Å². The molecule has 1 aliphatic rings. The van der Waals surface area contributed by atoms with Crippen LogP contribution in [0.2, 0.25) is 0 Å². The van der Waals surface area contributed by atoms with E-state index in [1.807, 2.05) is 11.8 Å². The molecule has 0 nitrogen and oxygen atoms in total. The highest BCUT2D eigenvalue weighted by molar-refractivity contribution is 7.99. The summed E-state index contributed by atoms with van der Waals surface area (Å²) in [5, 5.41) is 0.525. The first-order valence-corrected chi connectivity index (χ1v) is 9.06. The van der Waals surface area contributed by atoms with Gasteiger partial charge < -0.3 is 0 Å². The SMILES string of the molecule is Cc1ccc([C@@H]2C[C@H](c3ccccc3)Sc3ccccc32)cc1. The molecule has 0 saturated heterocycles. The maximum absolute atomic E-state index is 2.30. The first-order valence-electron chi connectivity index (χ1n) is 8.18. The second-order valence-electron chi connectivity index (χ2n) is 6.25. The zero-order valence-electron chi connectivity index (χ0n) is 13.3. The Labute approximate surface area is 142 Å². The van der Waals surface area contributed by atoms with Crippen LogP contribution in [0.5, 0.6) is 0 Å². The second kappa shape index (κ2) is 6.25. The van der Waals surface area contributed by atoms with Crippen molar-refractivity contribution in [3.8, 4) is 0 Å².